The number of hydrogen-bond donors (Lipinski definition) is 0. The van der Waals surface area contributed by atoms with Crippen LogP contribution in [0, 0.1) is 5.82 Å². The lowest BCUT2D eigenvalue weighted by Crippen LogP contribution is -2.51. The van der Waals surface area contributed by atoms with E-state index in [2.05, 4.69) is 0 Å². The van der Waals surface area contributed by atoms with Gasteiger partial charge in [0, 0.05) is 24.7 Å². The second-order valence-electron chi connectivity index (χ2n) is 7.39. The molecule has 0 spiro atoms. The van der Waals surface area contributed by atoms with Gasteiger partial charge < -0.3 is 9.47 Å². The molecule has 160 valence electrons. The lowest BCUT2D eigenvalue weighted by Gasteiger charge is -2.36. The highest BCUT2D eigenvalue weighted by molar-refractivity contribution is 6.32. The quantitative estimate of drug-likeness (QED) is 0.689. The standard InChI is InChI=1S/C20H21ClFN3O5/c1-10(20(28)29-3)25-14-8-12(13(22)9-15(14)30-11(2)18(25)26)16-17(21)23-6-4-5-7-24(23)19(16)27/h8-11H,4-7H2,1-3H3/t10?,11-/m0/s1. The van der Waals surface area contributed by atoms with Gasteiger partial charge in [-0.1, -0.05) is 11.6 Å². The zero-order chi connectivity index (χ0) is 21.7. The summed E-state index contributed by atoms with van der Waals surface area (Å²) in [5.41, 5.74) is -0.249. The molecule has 1 aromatic heterocycles. The van der Waals surface area contributed by atoms with Crippen molar-refractivity contribution < 1.29 is 23.5 Å². The Morgan fingerprint density at radius 1 is 1.27 bits per heavy atom. The summed E-state index contributed by atoms with van der Waals surface area (Å²) in [6.07, 6.45) is 0.785. The number of amides is 1. The number of halogens is 2. The van der Waals surface area contributed by atoms with Gasteiger partial charge in [-0.15, -0.1) is 0 Å². The van der Waals surface area contributed by atoms with Crippen LogP contribution in [0.4, 0.5) is 10.1 Å². The Hall–Kier alpha value is -2.81. The highest BCUT2D eigenvalue weighted by Gasteiger charge is 2.39. The van der Waals surface area contributed by atoms with Gasteiger partial charge in [-0.3, -0.25) is 19.2 Å². The minimum Gasteiger partial charge on any atom is -0.479 e. The first-order valence-electron chi connectivity index (χ1n) is 9.66. The molecule has 0 bridgehead atoms. The van der Waals surface area contributed by atoms with E-state index in [0.717, 1.165) is 18.9 Å². The molecule has 2 aliphatic heterocycles. The number of fused-ring (bicyclic) bond motifs is 2. The topological polar surface area (TPSA) is 82.8 Å². The first-order chi connectivity index (χ1) is 14.3. The van der Waals surface area contributed by atoms with Crippen LogP contribution in [0.3, 0.4) is 0 Å². The number of nitrogens with zero attached hydrogens (tertiary/aromatic N) is 3. The third kappa shape index (κ3) is 2.99. The maximum absolute atomic E-state index is 15.1. The van der Waals surface area contributed by atoms with Crippen LogP contribution in [0.2, 0.25) is 5.15 Å². The molecule has 2 aliphatic rings. The first-order valence-corrected chi connectivity index (χ1v) is 10.0. The molecule has 1 aromatic carbocycles. The third-order valence-electron chi connectivity index (χ3n) is 5.56. The lowest BCUT2D eigenvalue weighted by atomic mass is 10.0. The Bertz CT molecular complexity index is 1110. The van der Waals surface area contributed by atoms with Crippen molar-refractivity contribution in [2.75, 3.05) is 12.0 Å². The molecule has 0 fully saturated rings. The van der Waals surface area contributed by atoms with Crippen LogP contribution < -0.4 is 15.2 Å². The summed E-state index contributed by atoms with van der Waals surface area (Å²) in [4.78, 5) is 39.1. The summed E-state index contributed by atoms with van der Waals surface area (Å²) < 4.78 is 28.5. The van der Waals surface area contributed by atoms with Gasteiger partial charge in [0.2, 0.25) is 0 Å². The van der Waals surface area contributed by atoms with Gasteiger partial charge >= 0.3 is 5.97 Å². The third-order valence-corrected chi connectivity index (χ3v) is 5.94. The average molecular weight is 438 g/mol. The Kier molecular flexibility index (Phi) is 5.09. The normalized spacial score (nSPS) is 19.0. The Morgan fingerprint density at radius 2 is 1.93 bits per heavy atom. The minimum absolute atomic E-state index is 0.0237. The van der Waals surface area contributed by atoms with Crippen LogP contribution >= 0.6 is 11.6 Å². The van der Waals surface area contributed by atoms with Crippen LogP contribution in [-0.4, -0.2) is 40.5 Å². The SMILES string of the molecule is COC(=O)C(C)N1C(=O)[C@H](C)Oc2cc(F)c(-c3c(Cl)n4n(c3=O)CCCC4)cc21. The highest BCUT2D eigenvalue weighted by atomic mass is 35.5. The minimum atomic E-state index is -0.968. The van der Waals surface area contributed by atoms with E-state index >= 15 is 4.39 Å². The van der Waals surface area contributed by atoms with Crippen molar-refractivity contribution in [2.24, 2.45) is 0 Å². The molecule has 0 saturated carbocycles. The molecule has 4 rings (SSSR count). The molecule has 1 amide bonds. The van der Waals surface area contributed by atoms with Gasteiger partial charge in [-0.2, -0.15) is 0 Å². The number of rotatable bonds is 3. The van der Waals surface area contributed by atoms with Gasteiger partial charge in [0.1, 0.15) is 22.8 Å². The van der Waals surface area contributed by atoms with Crippen molar-refractivity contribution in [3.8, 4) is 16.9 Å². The van der Waals surface area contributed by atoms with Gasteiger partial charge in [-0.25, -0.2) is 13.9 Å². The summed E-state index contributed by atoms with van der Waals surface area (Å²) in [6.45, 7) is 4.08. The second-order valence-corrected chi connectivity index (χ2v) is 7.75. The Balaban J connectivity index is 1.91. The van der Waals surface area contributed by atoms with Crippen LogP contribution in [0.5, 0.6) is 5.75 Å². The molecule has 8 nitrogen and oxygen atoms in total. The number of aromatic nitrogens is 2. The predicted molar refractivity (Wildman–Crippen MR) is 107 cm³/mol. The maximum atomic E-state index is 15.1. The van der Waals surface area contributed by atoms with E-state index in [-0.39, 0.29) is 27.7 Å². The highest BCUT2D eigenvalue weighted by Crippen LogP contribution is 2.41. The van der Waals surface area contributed by atoms with E-state index in [9.17, 15) is 14.4 Å². The molecular formula is C20H21ClFN3O5. The summed E-state index contributed by atoms with van der Waals surface area (Å²) >= 11 is 6.45. The summed E-state index contributed by atoms with van der Waals surface area (Å²) in [7, 11) is 1.22. The fourth-order valence-electron chi connectivity index (χ4n) is 4.00. The summed E-state index contributed by atoms with van der Waals surface area (Å²) in [6, 6.07) is 1.48. The molecule has 0 saturated heterocycles. The number of carbonyl (C=O) groups excluding carboxylic acids is 2. The van der Waals surface area contributed by atoms with E-state index in [1.807, 2.05) is 0 Å². The van der Waals surface area contributed by atoms with Gasteiger partial charge in [0.05, 0.1) is 18.4 Å². The van der Waals surface area contributed by atoms with E-state index < -0.39 is 35.4 Å². The fourth-order valence-corrected chi connectivity index (χ4v) is 4.36. The van der Waals surface area contributed by atoms with Crippen LogP contribution in [0.1, 0.15) is 26.7 Å². The van der Waals surface area contributed by atoms with Crippen LogP contribution in [-0.2, 0) is 27.4 Å². The van der Waals surface area contributed by atoms with Crippen molar-refractivity contribution >= 4 is 29.2 Å². The molecule has 0 aliphatic carbocycles. The molecule has 30 heavy (non-hydrogen) atoms. The van der Waals surface area contributed by atoms with Crippen LogP contribution in [0.15, 0.2) is 16.9 Å². The number of esters is 1. The molecule has 0 radical (unpaired) electrons. The number of ether oxygens (including phenoxy) is 2. The molecule has 3 heterocycles. The number of carbonyl (C=O) groups is 2. The van der Waals surface area contributed by atoms with E-state index in [1.165, 1.54) is 36.6 Å². The first kappa shape index (κ1) is 20.5. The molecule has 1 unspecified atom stereocenters. The smallest absolute Gasteiger partial charge is 0.328 e. The molecule has 10 heteroatoms. The number of hydrogen-bond acceptors (Lipinski definition) is 5. The largest absolute Gasteiger partial charge is 0.479 e. The number of benzene rings is 1. The summed E-state index contributed by atoms with van der Waals surface area (Å²) in [5, 5.41) is 0.141. The number of methoxy groups -OCH3 is 1. The van der Waals surface area contributed by atoms with Crippen molar-refractivity contribution in [3.63, 3.8) is 0 Å². The molecular weight excluding hydrogens is 417 g/mol. The van der Waals surface area contributed by atoms with Gasteiger partial charge in [0.15, 0.2) is 6.10 Å². The summed E-state index contributed by atoms with van der Waals surface area (Å²) in [5.74, 6) is -1.72. The molecule has 2 atom stereocenters. The van der Waals surface area contributed by atoms with Gasteiger partial charge in [0.25, 0.3) is 11.5 Å². The van der Waals surface area contributed by atoms with E-state index in [0.29, 0.717) is 13.1 Å². The second kappa shape index (κ2) is 7.46. The number of anilines is 1. The van der Waals surface area contributed by atoms with Crippen molar-refractivity contribution in [1.29, 1.82) is 0 Å². The zero-order valence-electron chi connectivity index (χ0n) is 16.8. The fraction of sp³-hybridized carbons (Fsp3) is 0.450. The monoisotopic (exact) mass is 437 g/mol. The van der Waals surface area contributed by atoms with E-state index in [1.54, 1.807) is 4.68 Å². The zero-order valence-corrected chi connectivity index (χ0v) is 17.5. The molecule has 0 N–H and O–H groups in total. The van der Waals surface area contributed by atoms with Crippen molar-refractivity contribution in [1.82, 2.24) is 9.36 Å². The van der Waals surface area contributed by atoms with Crippen molar-refractivity contribution in [2.45, 2.75) is 51.9 Å². The van der Waals surface area contributed by atoms with E-state index in [4.69, 9.17) is 21.1 Å². The Labute approximate surface area is 176 Å². The average Bonchev–Trinajstić information content (AvgIpc) is 2.98. The predicted octanol–water partition coefficient (Wildman–Crippen LogP) is 2.58. The maximum Gasteiger partial charge on any atom is 0.328 e. The van der Waals surface area contributed by atoms with Crippen molar-refractivity contribution in [3.05, 3.63) is 33.5 Å². The van der Waals surface area contributed by atoms with Gasteiger partial charge in [-0.05, 0) is 32.8 Å². The van der Waals surface area contributed by atoms with Crippen LogP contribution in [0.25, 0.3) is 11.1 Å². The Morgan fingerprint density at radius 3 is 2.57 bits per heavy atom. The lowest BCUT2D eigenvalue weighted by molar-refractivity contribution is -0.143. The molecule has 2 aromatic rings.